The molecule has 1 aliphatic rings. The highest BCUT2D eigenvalue weighted by atomic mass is 16.5. The van der Waals surface area contributed by atoms with Gasteiger partial charge in [0.25, 0.3) is 0 Å². The van der Waals surface area contributed by atoms with E-state index < -0.39 is 5.41 Å². The SMILES string of the molecule is CCCCCCCCCCCCOc1cccc(Cc2c(C)noc2-c2ccc(-c3ccc(C4(C(=O)OCC)CC4)cc3)cc2)c1. The van der Waals surface area contributed by atoms with E-state index in [9.17, 15) is 4.79 Å². The first kappa shape index (κ1) is 33.5. The van der Waals surface area contributed by atoms with Gasteiger partial charge < -0.3 is 14.0 Å². The van der Waals surface area contributed by atoms with Crippen LogP contribution in [0.1, 0.15) is 113 Å². The van der Waals surface area contributed by atoms with E-state index >= 15 is 0 Å². The van der Waals surface area contributed by atoms with Crippen molar-refractivity contribution in [3.63, 3.8) is 0 Å². The summed E-state index contributed by atoms with van der Waals surface area (Å²) in [7, 11) is 0. The monoisotopic (exact) mass is 621 g/mol. The van der Waals surface area contributed by atoms with Crippen LogP contribution in [-0.4, -0.2) is 24.3 Å². The topological polar surface area (TPSA) is 61.6 Å². The van der Waals surface area contributed by atoms with E-state index in [-0.39, 0.29) is 5.97 Å². The van der Waals surface area contributed by atoms with Crippen LogP contribution in [0.5, 0.6) is 5.75 Å². The summed E-state index contributed by atoms with van der Waals surface area (Å²) in [6.07, 6.45) is 15.7. The lowest BCUT2D eigenvalue weighted by atomic mass is 9.93. The third-order valence-corrected chi connectivity index (χ3v) is 9.36. The fourth-order valence-electron chi connectivity index (χ4n) is 6.35. The Hall–Kier alpha value is -3.86. The lowest BCUT2D eigenvalue weighted by Gasteiger charge is -2.14. The highest BCUT2D eigenvalue weighted by Crippen LogP contribution is 2.49. The molecular formula is C41H51NO4. The van der Waals surface area contributed by atoms with Crippen LogP contribution in [0.15, 0.2) is 77.3 Å². The Kier molecular flexibility index (Phi) is 12.1. The van der Waals surface area contributed by atoms with Crippen LogP contribution in [0.25, 0.3) is 22.5 Å². The van der Waals surface area contributed by atoms with Gasteiger partial charge in [0.2, 0.25) is 0 Å². The molecule has 1 fully saturated rings. The number of benzene rings is 3. The molecule has 0 aliphatic heterocycles. The summed E-state index contributed by atoms with van der Waals surface area (Å²) in [5.41, 5.74) is 7.00. The quantitative estimate of drug-likeness (QED) is 0.0770. The number of rotatable bonds is 19. The maximum atomic E-state index is 12.5. The number of hydrogen-bond acceptors (Lipinski definition) is 5. The molecule has 5 rings (SSSR count). The minimum atomic E-state index is -0.447. The van der Waals surface area contributed by atoms with Crippen molar-refractivity contribution in [2.45, 2.75) is 110 Å². The second kappa shape index (κ2) is 16.6. The average Bonchev–Trinajstić information content (AvgIpc) is 3.82. The predicted octanol–water partition coefficient (Wildman–Crippen LogP) is 10.8. The number of ether oxygens (including phenoxy) is 2. The summed E-state index contributed by atoms with van der Waals surface area (Å²) in [6.45, 7) is 7.32. The average molecular weight is 622 g/mol. The van der Waals surface area contributed by atoms with E-state index in [2.05, 4.69) is 78.8 Å². The van der Waals surface area contributed by atoms with Crippen molar-refractivity contribution < 1.29 is 18.8 Å². The van der Waals surface area contributed by atoms with E-state index in [0.717, 1.165) is 77.3 Å². The Balaban J connectivity index is 1.13. The third kappa shape index (κ3) is 8.69. The van der Waals surface area contributed by atoms with Gasteiger partial charge in [-0.15, -0.1) is 0 Å². The molecule has 0 unspecified atom stereocenters. The zero-order valence-corrected chi connectivity index (χ0v) is 28.1. The van der Waals surface area contributed by atoms with E-state index in [0.29, 0.717) is 6.61 Å². The number of nitrogens with zero attached hydrogens (tertiary/aromatic N) is 1. The van der Waals surface area contributed by atoms with Crippen molar-refractivity contribution in [1.29, 1.82) is 0 Å². The minimum Gasteiger partial charge on any atom is -0.494 e. The van der Waals surface area contributed by atoms with Gasteiger partial charge in [-0.2, -0.15) is 0 Å². The van der Waals surface area contributed by atoms with Gasteiger partial charge in [-0.1, -0.05) is 131 Å². The molecule has 46 heavy (non-hydrogen) atoms. The van der Waals surface area contributed by atoms with E-state index in [4.69, 9.17) is 14.0 Å². The first-order valence-corrected chi connectivity index (χ1v) is 17.6. The number of carbonyl (C=O) groups is 1. The lowest BCUT2D eigenvalue weighted by Crippen LogP contribution is -2.23. The van der Waals surface area contributed by atoms with E-state index in [1.807, 2.05) is 19.9 Å². The molecule has 1 heterocycles. The van der Waals surface area contributed by atoms with Gasteiger partial charge in [-0.05, 0) is 67.5 Å². The molecule has 0 atom stereocenters. The van der Waals surface area contributed by atoms with Gasteiger partial charge >= 0.3 is 5.97 Å². The standard InChI is InChI=1S/C41H51NO4/c1-4-6-7-8-9-10-11-12-13-14-28-45-37-17-15-16-32(29-37)30-38-31(3)42-46-39(38)35-20-18-33(19-21-35)34-22-24-36(25-23-34)41(26-27-41)40(43)44-5-2/h15-25,29H,4-14,26-28,30H2,1-3H3. The summed E-state index contributed by atoms with van der Waals surface area (Å²) in [5, 5.41) is 4.32. The van der Waals surface area contributed by atoms with Gasteiger partial charge in [0.1, 0.15) is 5.75 Å². The molecule has 1 aromatic heterocycles. The van der Waals surface area contributed by atoms with Gasteiger partial charge in [0, 0.05) is 17.5 Å². The Morgan fingerprint density at radius 2 is 1.39 bits per heavy atom. The number of carbonyl (C=O) groups excluding carboxylic acids is 1. The summed E-state index contributed by atoms with van der Waals surface area (Å²) >= 11 is 0. The Morgan fingerprint density at radius 3 is 2.02 bits per heavy atom. The fourth-order valence-corrected chi connectivity index (χ4v) is 6.35. The Morgan fingerprint density at radius 1 is 0.783 bits per heavy atom. The Labute approximate surface area is 275 Å². The van der Waals surface area contributed by atoms with Crippen molar-refractivity contribution in [2.75, 3.05) is 13.2 Å². The molecule has 5 nitrogen and oxygen atoms in total. The zero-order chi connectivity index (χ0) is 32.2. The second-order valence-electron chi connectivity index (χ2n) is 12.9. The van der Waals surface area contributed by atoms with E-state index in [1.165, 1.54) is 63.4 Å². The molecule has 5 heteroatoms. The van der Waals surface area contributed by atoms with Gasteiger partial charge in [-0.25, -0.2) is 0 Å². The first-order valence-electron chi connectivity index (χ1n) is 17.6. The van der Waals surface area contributed by atoms with Crippen molar-refractivity contribution in [3.8, 4) is 28.2 Å². The molecule has 0 radical (unpaired) electrons. The maximum Gasteiger partial charge on any atom is 0.316 e. The zero-order valence-electron chi connectivity index (χ0n) is 28.1. The molecule has 0 spiro atoms. The van der Waals surface area contributed by atoms with Gasteiger partial charge in [-0.3, -0.25) is 4.79 Å². The smallest absolute Gasteiger partial charge is 0.316 e. The summed E-state index contributed by atoms with van der Waals surface area (Å²) in [6, 6.07) is 25.2. The predicted molar refractivity (Wildman–Crippen MR) is 186 cm³/mol. The molecule has 0 amide bonds. The molecule has 1 saturated carbocycles. The number of unbranched alkanes of at least 4 members (excludes halogenated alkanes) is 9. The number of esters is 1. The van der Waals surface area contributed by atoms with Crippen LogP contribution >= 0.6 is 0 Å². The summed E-state index contributed by atoms with van der Waals surface area (Å²) in [5.74, 6) is 1.63. The molecule has 4 aromatic rings. The van der Waals surface area contributed by atoms with Crippen LogP contribution in [0, 0.1) is 6.92 Å². The van der Waals surface area contributed by atoms with E-state index in [1.54, 1.807) is 0 Å². The second-order valence-corrected chi connectivity index (χ2v) is 12.9. The highest BCUT2D eigenvalue weighted by Gasteiger charge is 2.52. The normalized spacial score (nSPS) is 13.5. The van der Waals surface area contributed by atoms with Crippen molar-refractivity contribution >= 4 is 5.97 Å². The summed E-state index contributed by atoms with van der Waals surface area (Å²) in [4.78, 5) is 12.5. The van der Waals surface area contributed by atoms with Crippen molar-refractivity contribution in [1.82, 2.24) is 5.16 Å². The number of hydrogen-bond donors (Lipinski definition) is 0. The minimum absolute atomic E-state index is 0.103. The molecular weight excluding hydrogens is 570 g/mol. The van der Waals surface area contributed by atoms with Crippen molar-refractivity contribution in [3.05, 3.63) is 95.2 Å². The van der Waals surface area contributed by atoms with Gasteiger partial charge in [0.05, 0.1) is 24.3 Å². The van der Waals surface area contributed by atoms with Crippen molar-refractivity contribution in [2.24, 2.45) is 0 Å². The molecule has 0 saturated heterocycles. The molecule has 3 aromatic carbocycles. The number of aromatic nitrogens is 1. The van der Waals surface area contributed by atoms with Crippen LogP contribution < -0.4 is 4.74 Å². The third-order valence-electron chi connectivity index (χ3n) is 9.36. The summed E-state index contributed by atoms with van der Waals surface area (Å²) < 4.78 is 17.3. The molecule has 0 N–H and O–H groups in total. The van der Waals surface area contributed by atoms with Crippen LogP contribution in [0.3, 0.4) is 0 Å². The van der Waals surface area contributed by atoms with Gasteiger partial charge in [0.15, 0.2) is 5.76 Å². The van der Waals surface area contributed by atoms with Crippen LogP contribution in [0.2, 0.25) is 0 Å². The first-order chi connectivity index (χ1) is 22.5. The fraction of sp³-hybridized carbons (Fsp3) is 0.463. The number of aryl methyl sites for hydroxylation is 1. The largest absolute Gasteiger partial charge is 0.494 e. The molecule has 1 aliphatic carbocycles. The Bertz CT molecular complexity index is 1520. The highest BCUT2D eigenvalue weighted by molar-refractivity contribution is 5.87. The van der Waals surface area contributed by atoms with Crippen LogP contribution in [-0.2, 0) is 21.4 Å². The molecule has 0 bridgehead atoms. The van der Waals surface area contributed by atoms with Crippen LogP contribution in [0.4, 0.5) is 0 Å². The maximum absolute atomic E-state index is 12.5. The lowest BCUT2D eigenvalue weighted by molar-refractivity contribution is -0.146. The molecule has 244 valence electrons.